The summed E-state index contributed by atoms with van der Waals surface area (Å²) in [6, 6.07) is 15.6. The molecule has 24 heavy (non-hydrogen) atoms. The van der Waals surface area contributed by atoms with Crippen LogP contribution >= 0.6 is 11.6 Å². The number of nitrogens with zero attached hydrogens (tertiary/aromatic N) is 2. The first-order chi connectivity index (χ1) is 11.5. The summed E-state index contributed by atoms with van der Waals surface area (Å²) in [6.45, 7) is 1.20. The Morgan fingerprint density at radius 2 is 1.75 bits per heavy atom. The van der Waals surface area contributed by atoms with E-state index in [9.17, 15) is 4.79 Å². The monoisotopic (exact) mass is 346 g/mol. The third-order valence-electron chi connectivity index (χ3n) is 4.20. The fraction of sp³-hybridized carbons (Fsp3) is 0.278. The normalized spacial score (nSPS) is 17.6. The largest absolute Gasteiger partial charge is 0.465 e. The van der Waals surface area contributed by atoms with Gasteiger partial charge in [0.15, 0.2) is 0 Å². The summed E-state index contributed by atoms with van der Waals surface area (Å²) in [7, 11) is 1.99. The SMILES string of the molecule is CN(c1ccc(Cl)cc1)c1ccc([C@H]2CN(C(=O)O)CCO2)cc1. The van der Waals surface area contributed by atoms with E-state index < -0.39 is 6.09 Å². The van der Waals surface area contributed by atoms with Gasteiger partial charge in [0.05, 0.1) is 13.2 Å². The Labute approximate surface area is 146 Å². The Morgan fingerprint density at radius 1 is 1.17 bits per heavy atom. The maximum atomic E-state index is 11.1. The van der Waals surface area contributed by atoms with E-state index in [1.807, 2.05) is 55.6 Å². The molecule has 1 saturated heterocycles. The van der Waals surface area contributed by atoms with Gasteiger partial charge in [0.25, 0.3) is 0 Å². The molecule has 0 bridgehead atoms. The van der Waals surface area contributed by atoms with Crippen LogP contribution in [-0.4, -0.2) is 42.8 Å². The van der Waals surface area contributed by atoms with Crippen LogP contribution in [0.5, 0.6) is 0 Å². The molecule has 2 aromatic rings. The smallest absolute Gasteiger partial charge is 0.407 e. The van der Waals surface area contributed by atoms with Crippen LogP contribution in [0.25, 0.3) is 0 Å². The highest BCUT2D eigenvalue weighted by atomic mass is 35.5. The van der Waals surface area contributed by atoms with E-state index in [2.05, 4.69) is 4.90 Å². The maximum absolute atomic E-state index is 11.1. The molecule has 1 aliphatic rings. The second-order valence-corrected chi connectivity index (χ2v) is 6.15. The van der Waals surface area contributed by atoms with Gasteiger partial charge < -0.3 is 19.6 Å². The molecule has 0 unspecified atom stereocenters. The molecule has 126 valence electrons. The first kappa shape index (κ1) is 16.6. The Balaban J connectivity index is 1.73. The summed E-state index contributed by atoms with van der Waals surface area (Å²) < 4.78 is 5.71. The summed E-state index contributed by atoms with van der Waals surface area (Å²) in [6.07, 6.45) is -1.12. The van der Waals surface area contributed by atoms with E-state index in [1.165, 1.54) is 4.90 Å². The molecule has 0 aromatic heterocycles. The lowest BCUT2D eigenvalue weighted by atomic mass is 10.1. The molecule has 3 rings (SSSR count). The van der Waals surface area contributed by atoms with Crippen LogP contribution in [0.4, 0.5) is 16.2 Å². The molecule has 0 saturated carbocycles. The number of carbonyl (C=O) groups is 1. The fourth-order valence-corrected chi connectivity index (χ4v) is 2.88. The van der Waals surface area contributed by atoms with Gasteiger partial charge in [-0.25, -0.2) is 4.79 Å². The van der Waals surface area contributed by atoms with E-state index in [0.29, 0.717) is 24.7 Å². The van der Waals surface area contributed by atoms with Gasteiger partial charge in [-0.15, -0.1) is 0 Å². The molecule has 1 fully saturated rings. The van der Waals surface area contributed by atoms with Crippen LogP contribution in [0.15, 0.2) is 48.5 Å². The van der Waals surface area contributed by atoms with Gasteiger partial charge in [0.1, 0.15) is 6.10 Å². The van der Waals surface area contributed by atoms with Gasteiger partial charge in [0, 0.05) is 30.0 Å². The molecule has 6 heteroatoms. The van der Waals surface area contributed by atoms with E-state index in [0.717, 1.165) is 16.9 Å². The predicted molar refractivity (Wildman–Crippen MR) is 94.2 cm³/mol. The van der Waals surface area contributed by atoms with Gasteiger partial charge in [0.2, 0.25) is 0 Å². The number of rotatable bonds is 3. The number of hydrogen-bond donors (Lipinski definition) is 1. The number of hydrogen-bond acceptors (Lipinski definition) is 3. The van der Waals surface area contributed by atoms with Crippen molar-refractivity contribution in [2.75, 3.05) is 31.6 Å². The summed E-state index contributed by atoms with van der Waals surface area (Å²) >= 11 is 5.93. The highest BCUT2D eigenvalue weighted by molar-refractivity contribution is 6.30. The zero-order chi connectivity index (χ0) is 17.1. The first-order valence-electron chi connectivity index (χ1n) is 7.73. The zero-order valence-electron chi connectivity index (χ0n) is 13.4. The van der Waals surface area contributed by atoms with E-state index in [-0.39, 0.29) is 6.10 Å². The van der Waals surface area contributed by atoms with Crippen molar-refractivity contribution >= 4 is 29.1 Å². The second kappa shape index (κ2) is 7.11. The quantitative estimate of drug-likeness (QED) is 0.906. The van der Waals surface area contributed by atoms with Crippen molar-refractivity contribution in [1.29, 1.82) is 0 Å². The number of carboxylic acid groups (broad SMARTS) is 1. The van der Waals surface area contributed by atoms with Crippen molar-refractivity contribution in [3.63, 3.8) is 0 Å². The number of amides is 1. The molecule has 1 aliphatic heterocycles. The van der Waals surface area contributed by atoms with Crippen molar-refractivity contribution in [2.45, 2.75) is 6.10 Å². The number of ether oxygens (including phenoxy) is 1. The summed E-state index contributed by atoms with van der Waals surface area (Å²) in [5.74, 6) is 0. The lowest BCUT2D eigenvalue weighted by Gasteiger charge is -2.31. The van der Waals surface area contributed by atoms with Gasteiger partial charge in [-0.1, -0.05) is 23.7 Å². The van der Waals surface area contributed by atoms with Crippen molar-refractivity contribution in [3.05, 3.63) is 59.1 Å². The molecular weight excluding hydrogens is 328 g/mol. The minimum absolute atomic E-state index is 0.218. The van der Waals surface area contributed by atoms with E-state index >= 15 is 0 Å². The lowest BCUT2D eigenvalue weighted by Crippen LogP contribution is -2.41. The van der Waals surface area contributed by atoms with Crippen LogP contribution in [0.2, 0.25) is 5.02 Å². The molecule has 0 spiro atoms. The lowest BCUT2D eigenvalue weighted by molar-refractivity contribution is -0.0231. The van der Waals surface area contributed by atoms with Crippen molar-refractivity contribution < 1.29 is 14.6 Å². The molecule has 0 aliphatic carbocycles. The van der Waals surface area contributed by atoms with Crippen LogP contribution in [0.3, 0.4) is 0 Å². The van der Waals surface area contributed by atoms with Crippen molar-refractivity contribution in [3.8, 4) is 0 Å². The zero-order valence-corrected chi connectivity index (χ0v) is 14.1. The summed E-state index contributed by atoms with van der Waals surface area (Å²) in [5, 5.41) is 9.83. The van der Waals surface area contributed by atoms with Crippen LogP contribution in [-0.2, 0) is 4.74 Å². The predicted octanol–water partition coefficient (Wildman–Crippen LogP) is 4.16. The Morgan fingerprint density at radius 3 is 2.33 bits per heavy atom. The molecule has 0 radical (unpaired) electrons. The molecule has 1 atom stereocenters. The Bertz CT molecular complexity index is 703. The van der Waals surface area contributed by atoms with Crippen LogP contribution in [0.1, 0.15) is 11.7 Å². The van der Waals surface area contributed by atoms with Crippen molar-refractivity contribution in [2.24, 2.45) is 0 Å². The highest BCUT2D eigenvalue weighted by Gasteiger charge is 2.25. The third kappa shape index (κ3) is 3.63. The number of halogens is 1. The standard InChI is InChI=1S/C18H19ClN2O3/c1-20(16-8-4-14(19)5-9-16)15-6-2-13(3-7-15)17-12-21(18(22)23)10-11-24-17/h2-9,17H,10-12H2,1H3,(H,22,23)/t17-/m1/s1. The molecule has 1 heterocycles. The second-order valence-electron chi connectivity index (χ2n) is 5.71. The molecular formula is C18H19ClN2O3. The van der Waals surface area contributed by atoms with Crippen molar-refractivity contribution in [1.82, 2.24) is 4.90 Å². The van der Waals surface area contributed by atoms with Gasteiger partial charge >= 0.3 is 6.09 Å². The van der Waals surface area contributed by atoms with E-state index in [4.69, 9.17) is 21.4 Å². The summed E-state index contributed by atoms with van der Waals surface area (Å²) in [4.78, 5) is 14.6. The van der Waals surface area contributed by atoms with Crippen LogP contribution in [0, 0.1) is 0 Å². The fourth-order valence-electron chi connectivity index (χ4n) is 2.75. The third-order valence-corrected chi connectivity index (χ3v) is 4.46. The van der Waals surface area contributed by atoms with Gasteiger partial charge in [-0.05, 0) is 42.0 Å². The first-order valence-corrected chi connectivity index (χ1v) is 8.11. The Kier molecular flexibility index (Phi) is 4.92. The topological polar surface area (TPSA) is 53.0 Å². The minimum atomic E-state index is -0.901. The molecule has 1 amide bonds. The number of benzene rings is 2. The van der Waals surface area contributed by atoms with Gasteiger partial charge in [-0.3, -0.25) is 0 Å². The molecule has 2 aromatic carbocycles. The minimum Gasteiger partial charge on any atom is -0.465 e. The number of morpholine rings is 1. The van der Waals surface area contributed by atoms with E-state index in [1.54, 1.807) is 0 Å². The average molecular weight is 347 g/mol. The Hall–Kier alpha value is -2.24. The summed E-state index contributed by atoms with van der Waals surface area (Å²) in [5.41, 5.74) is 3.05. The average Bonchev–Trinajstić information content (AvgIpc) is 2.62. The highest BCUT2D eigenvalue weighted by Crippen LogP contribution is 2.28. The maximum Gasteiger partial charge on any atom is 0.407 e. The van der Waals surface area contributed by atoms with Crippen LogP contribution < -0.4 is 4.90 Å². The molecule has 1 N–H and O–H groups in total. The number of anilines is 2. The van der Waals surface area contributed by atoms with Gasteiger partial charge in [-0.2, -0.15) is 0 Å². The molecule has 5 nitrogen and oxygen atoms in total.